The molecule has 5 nitrogen and oxygen atoms in total. The molecule has 0 aromatic rings. The van der Waals surface area contributed by atoms with Crippen LogP contribution >= 0.6 is 0 Å². The summed E-state index contributed by atoms with van der Waals surface area (Å²) in [6.07, 6.45) is 0.437. The van der Waals surface area contributed by atoms with E-state index in [1.807, 2.05) is 20.8 Å². The molecular formula is C12H20N2O3. The highest BCUT2D eigenvalue weighted by Crippen LogP contribution is 2.34. The van der Waals surface area contributed by atoms with E-state index in [1.54, 1.807) is 4.90 Å². The highest BCUT2D eigenvalue weighted by atomic mass is 16.6. The minimum Gasteiger partial charge on any atom is -0.444 e. The minimum absolute atomic E-state index is 0.226. The maximum atomic E-state index is 11.9. The number of hydrogen-bond donors (Lipinski definition) is 1. The van der Waals surface area contributed by atoms with Crippen molar-refractivity contribution in [1.82, 2.24) is 10.2 Å². The van der Waals surface area contributed by atoms with Crippen LogP contribution in [0, 0.1) is 5.41 Å². The van der Waals surface area contributed by atoms with Gasteiger partial charge in [0.25, 0.3) is 0 Å². The number of nitrogens with zero attached hydrogens (tertiary/aromatic N) is 1. The van der Waals surface area contributed by atoms with Crippen molar-refractivity contribution < 1.29 is 14.3 Å². The molecule has 2 aliphatic heterocycles. The molecule has 1 atom stereocenters. The second kappa shape index (κ2) is 3.98. The van der Waals surface area contributed by atoms with Crippen LogP contribution in [0.5, 0.6) is 0 Å². The zero-order chi connectivity index (χ0) is 12.7. The normalized spacial score (nSPS) is 29.1. The first-order valence-corrected chi connectivity index (χ1v) is 6.04. The van der Waals surface area contributed by atoms with E-state index in [9.17, 15) is 9.59 Å². The summed E-state index contributed by atoms with van der Waals surface area (Å²) in [5, 5.41) is 3.08. The van der Waals surface area contributed by atoms with Gasteiger partial charge in [0.1, 0.15) is 5.60 Å². The van der Waals surface area contributed by atoms with E-state index < -0.39 is 5.60 Å². The average Bonchev–Trinajstić information content (AvgIpc) is 2.74. The van der Waals surface area contributed by atoms with Crippen molar-refractivity contribution in [3.05, 3.63) is 0 Å². The molecule has 0 bridgehead atoms. The van der Waals surface area contributed by atoms with Gasteiger partial charge >= 0.3 is 6.09 Å². The molecule has 2 saturated heterocycles. The van der Waals surface area contributed by atoms with Crippen molar-refractivity contribution in [3.8, 4) is 0 Å². The topological polar surface area (TPSA) is 58.6 Å². The third-order valence-electron chi connectivity index (χ3n) is 3.35. The fourth-order valence-electron chi connectivity index (χ4n) is 2.43. The summed E-state index contributed by atoms with van der Waals surface area (Å²) >= 11 is 0. The van der Waals surface area contributed by atoms with Gasteiger partial charge in [0, 0.05) is 19.6 Å². The summed E-state index contributed by atoms with van der Waals surface area (Å²) < 4.78 is 5.31. The molecular weight excluding hydrogens is 220 g/mol. The van der Waals surface area contributed by atoms with Crippen LogP contribution < -0.4 is 5.32 Å². The van der Waals surface area contributed by atoms with Gasteiger partial charge in [-0.05, 0) is 27.2 Å². The molecule has 2 fully saturated rings. The van der Waals surface area contributed by atoms with Crippen LogP contribution in [0.3, 0.4) is 0 Å². The number of carbonyl (C=O) groups excluding carboxylic acids is 2. The Hall–Kier alpha value is -1.10. The first kappa shape index (κ1) is 12.4. The number of carbonyl (C=O) groups is 2. The lowest BCUT2D eigenvalue weighted by atomic mass is 9.85. The maximum absolute atomic E-state index is 11.9. The molecule has 5 heteroatoms. The Balaban J connectivity index is 1.98. The Kier molecular flexibility index (Phi) is 2.89. The van der Waals surface area contributed by atoms with E-state index in [1.165, 1.54) is 0 Å². The van der Waals surface area contributed by atoms with Gasteiger partial charge < -0.3 is 15.0 Å². The summed E-state index contributed by atoms with van der Waals surface area (Å²) in [4.78, 5) is 25.3. The van der Waals surface area contributed by atoms with Gasteiger partial charge in [-0.3, -0.25) is 4.79 Å². The van der Waals surface area contributed by atoms with Crippen molar-refractivity contribution in [3.63, 3.8) is 0 Å². The molecule has 17 heavy (non-hydrogen) atoms. The second-order valence-electron chi connectivity index (χ2n) is 5.96. The van der Waals surface area contributed by atoms with Gasteiger partial charge in [-0.15, -0.1) is 0 Å². The first-order chi connectivity index (χ1) is 7.82. The fourth-order valence-corrected chi connectivity index (χ4v) is 2.43. The van der Waals surface area contributed by atoms with Crippen molar-refractivity contribution in [2.75, 3.05) is 26.2 Å². The van der Waals surface area contributed by atoms with Gasteiger partial charge in [-0.2, -0.15) is 0 Å². The number of rotatable bonds is 0. The van der Waals surface area contributed by atoms with Crippen LogP contribution in [0.15, 0.2) is 0 Å². The molecule has 0 saturated carbocycles. The Bertz CT molecular complexity index is 348. The molecule has 1 amide bonds. The minimum atomic E-state index is -0.481. The zero-order valence-electron chi connectivity index (χ0n) is 10.7. The van der Waals surface area contributed by atoms with E-state index >= 15 is 0 Å². The lowest BCUT2D eigenvalue weighted by Gasteiger charge is -2.25. The van der Waals surface area contributed by atoms with Gasteiger partial charge in [-0.1, -0.05) is 0 Å². The van der Waals surface area contributed by atoms with E-state index in [2.05, 4.69) is 5.32 Å². The fraction of sp³-hybridized carbons (Fsp3) is 0.833. The summed E-state index contributed by atoms with van der Waals surface area (Å²) in [5.41, 5.74) is -0.832. The second-order valence-corrected chi connectivity index (χ2v) is 5.96. The highest BCUT2D eigenvalue weighted by molar-refractivity contribution is 5.90. The average molecular weight is 240 g/mol. The molecule has 0 aliphatic carbocycles. The van der Waals surface area contributed by atoms with Crippen LogP contribution in [-0.4, -0.2) is 48.6 Å². The quantitative estimate of drug-likeness (QED) is 0.680. The third kappa shape index (κ3) is 2.44. The third-order valence-corrected chi connectivity index (χ3v) is 3.35. The summed E-state index contributed by atoms with van der Waals surface area (Å²) in [7, 11) is 0. The number of nitrogens with one attached hydrogen (secondary N) is 1. The van der Waals surface area contributed by atoms with Crippen molar-refractivity contribution in [2.45, 2.75) is 32.8 Å². The zero-order valence-corrected chi connectivity index (χ0v) is 10.7. The summed E-state index contributed by atoms with van der Waals surface area (Å²) in [6.45, 7) is 7.76. The maximum Gasteiger partial charge on any atom is 0.410 e. The molecule has 96 valence electrons. The number of amides is 1. The SMILES string of the molecule is CC(C)(C)OC(=O)N1CCC2(CNCC2=O)C1. The van der Waals surface area contributed by atoms with Gasteiger partial charge in [0.15, 0.2) is 5.78 Å². The van der Waals surface area contributed by atoms with Crippen molar-refractivity contribution in [2.24, 2.45) is 5.41 Å². The number of ketones is 1. The Labute approximate surface area is 101 Å². The monoisotopic (exact) mass is 240 g/mol. The molecule has 2 aliphatic rings. The smallest absolute Gasteiger partial charge is 0.410 e. The molecule has 0 radical (unpaired) electrons. The highest BCUT2D eigenvalue weighted by Gasteiger charge is 2.48. The number of ether oxygens (including phenoxy) is 1. The van der Waals surface area contributed by atoms with E-state index in [-0.39, 0.29) is 17.3 Å². The molecule has 1 N–H and O–H groups in total. The van der Waals surface area contributed by atoms with E-state index in [0.29, 0.717) is 26.2 Å². The Morgan fingerprint density at radius 3 is 2.71 bits per heavy atom. The Morgan fingerprint density at radius 2 is 2.18 bits per heavy atom. The van der Waals surface area contributed by atoms with Crippen molar-refractivity contribution in [1.29, 1.82) is 0 Å². The lowest BCUT2D eigenvalue weighted by Crippen LogP contribution is -2.39. The Morgan fingerprint density at radius 1 is 1.47 bits per heavy atom. The molecule has 1 spiro atoms. The number of likely N-dealkylation sites (tertiary alicyclic amines) is 1. The molecule has 0 aromatic heterocycles. The van der Waals surface area contributed by atoms with Gasteiger partial charge in [0.05, 0.1) is 12.0 Å². The van der Waals surface area contributed by atoms with Crippen LogP contribution in [0.1, 0.15) is 27.2 Å². The summed E-state index contributed by atoms with van der Waals surface area (Å²) in [6, 6.07) is 0. The van der Waals surface area contributed by atoms with Gasteiger partial charge in [-0.25, -0.2) is 4.79 Å². The largest absolute Gasteiger partial charge is 0.444 e. The number of Topliss-reactive ketones (excluding diaryl/α,β-unsaturated/α-hetero) is 1. The van der Waals surface area contributed by atoms with E-state index in [4.69, 9.17) is 4.74 Å². The molecule has 2 rings (SSSR count). The lowest BCUT2D eigenvalue weighted by molar-refractivity contribution is -0.123. The predicted molar refractivity (Wildman–Crippen MR) is 62.7 cm³/mol. The van der Waals surface area contributed by atoms with Gasteiger partial charge in [0.2, 0.25) is 0 Å². The van der Waals surface area contributed by atoms with Crippen LogP contribution in [-0.2, 0) is 9.53 Å². The van der Waals surface area contributed by atoms with Crippen LogP contribution in [0.25, 0.3) is 0 Å². The number of hydrogen-bond acceptors (Lipinski definition) is 4. The standard InChI is InChI=1S/C12H20N2O3/c1-11(2,3)17-10(16)14-5-4-12(8-14)7-13-6-9(12)15/h13H,4-8H2,1-3H3. The van der Waals surface area contributed by atoms with Crippen LogP contribution in [0.4, 0.5) is 4.79 Å². The predicted octanol–water partition coefficient (Wildman–Crippen LogP) is 0.786. The van der Waals surface area contributed by atoms with Crippen LogP contribution in [0.2, 0.25) is 0 Å². The van der Waals surface area contributed by atoms with E-state index in [0.717, 1.165) is 6.42 Å². The summed E-state index contributed by atoms with van der Waals surface area (Å²) in [5.74, 6) is 0.226. The molecule has 1 unspecified atom stereocenters. The molecule has 0 aromatic carbocycles. The van der Waals surface area contributed by atoms with Crippen molar-refractivity contribution >= 4 is 11.9 Å². The molecule has 2 heterocycles. The first-order valence-electron chi connectivity index (χ1n) is 6.04.